The summed E-state index contributed by atoms with van der Waals surface area (Å²) in [4.78, 5) is -0.374. The van der Waals surface area contributed by atoms with Crippen LogP contribution in [-0.4, -0.2) is 45.1 Å². The summed E-state index contributed by atoms with van der Waals surface area (Å²) in [6, 6.07) is 20.9. The Hall–Kier alpha value is -2.11. The molecule has 0 aliphatic carbocycles. The van der Waals surface area contributed by atoms with E-state index >= 15 is 0 Å². The van der Waals surface area contributed by atoms with Gasteiger partial charge in [0.05, 0.1) is 12.0 Å². The smallest absolute Gasteiger partial charge is 0.243 e. The van der Waals surface area contributed by atoms with Crippen LogP contribution in [-0.2, 0) is 21.2 Å². The van der Waals surface area contributed by atoms with Crippen LogP contribution in [0, 0.1) is 0 Å². The van der Waals surface area contributed by atoms with E-state index in [9.17, 15) is 8.42 Å². The van der Waals surface area contributed by atoms with E-state index < -0.39 is 15.0 Å². The molecule has 0 saturated carbocycles. The number of rotatable bonds is 12. The fourth-order valence-corrected chi connectivity index (χ4v) is 7.49. The lowest BCUT2D eigenvalue weighted by molar-refractivity contribution is 0.342. The first-order chi connectivity index (χ1) is 18.2. The first kappa shape index (κ1) is 27.5. The Morgan fingerprint density at radius 1 is 1.13 bits per heavy atom. The minimum atomic E-state index is -3.79. The first-order valence-electron chi connectivity index (χ1n) is 12.6. The molecule has 10 heteroatoms. The van der Waals surface area contributed by atoms with E-state index in [1.165, 1.54) is 0 Å². The molecule has 202 valence electrons. The molecule has 0 radical (unpaired) electrons. The van der Waals surface area contributed by atoms with Crippen LogP contribution >= 0.6 is 23.4 Å². The monoisotopic (exact) mass is 573 g/mol. The standard InChI is InChI=1S/C28H32ClN3O4S2/c1-18(2)31-28(17-37-28)32-38(33,34)25-15-19(9-11-22(25)20-7-5-4-6-8-20)13-14-30-27-26(36-27)23-16-21(29)10-12-24(23)35-3/h4-12,15-16,18,26-27,30-32H,13-14,17H2,1-3H3. The molecule has 3 atom stereocenters. The summed E-state index contributed by atoms with van der Waals surface area (Å²) < 4.78 is 41.5. The topological polar surface area (TPSA) is 92.0 Å². The van der Waals surface area contributed by atoms with E-state index in [0.29, 0.717) is 29.3 Å². The van der Waals surface area contributed by atoms with Gasteiger partial charge < -0.3 is 9.47 Å². The van der Waals surface area contributed by atoms with Gasteiger partial charge in [0.1, 0.15) is 23.1 Å². The van der Waals surface area contributed by atoms with Crippen molar-refractivity contribution in [2.75, 3.05) is 19.4 Å². The molecule has 2 aliphatic rings. The molecular weight excluding hydrogens is 542 g/mol. The minimum Gasteiger partial charge on any atom is -0.496 e. The lowest BCUT2D eigenvalue weighted by Gasteiger charge is -2.21. The maximum atomic E-state index is 13.7. The van der Waals surface area contributed by atoms with Gasteiger partial charge >= 0.3 is 0 Å². The van der Waals surface area contributed by atoms with Gasteiger partial charge in [-0.2, -0.15) is 4.72 Å². The fourth-order valence-electron chi connectivity index (χ4n) is 4.57. The minimum absolute atomic E-state index is 0.134. The number of sulfonamides is 1. The highest BCUT2D eigenvalue weighted by molar-refractivity contribution is 8.08. The van der Waals surface area contributed by atoms with Crippen LogP contribution in [0.2, 0.25) is 5.02 Å². The molecule has 2 aliphatic heterocycles. The Bertz CT molecular complexity index is 1400. The van der Waals surface area contributed by atoms with Gasteiger partial charge in [-0.3, -0.25) is 10.6 Å². The lowest BCUT2D eigenvalue weighted by Crippen LogP contribution is -2.50. The van der Waals surface area contributed by atoms with E-state index in [1.807, 2.05) is 68.4 Å². The maximum Gasteiger partial charge on any atom is 0.243 e. The Balaban J connectivity index is 1.31. The molecule has 0 amide bonds. The van der Waals surface area contributed by atoms with Crippen molar-refractivity contribution < 1.29 is 17.9 Å². The van der Waals surface area contributed by atoms with Gasteiger partial charge in [-0.05, 0) is 55.7 Å². The first-order valence-corrected chi connectivity index (χ1v) is 15.4. The van der Waals surface area contributed by atoms with Crippen LogP contribution in [0.4, 0.5) is 0 Å². The largest absolute Gasteiger partial charge is 0.496 e. The van der Waals surface area contributed by atoms with Crippen LogP contribution in [0.5, 0.6) is 5.75 Å². The molecule has 5 rings (SSSR count). The molecule has 2 heterocycles. The Morgan fingerprint density at radius 2 is 1.89 bits per heavy atom. The number of hydrogen-bond acceptors (Lipinski definition) is 7. The summed E-state index contributed by atoms with van der Waals surface area (Å²) in [5, 5.41) is 7.37. The summed E-state index contributed by atoms with van der Waals surface area (Å²) in [6.45, 7) is 4.64. The number of benzene rings is 3. The van der Waals surface area contributed by atoms with Crippen molar-refractivity contribution in [1.29, 1.82) is 0 Å². The molecular formula is C28H32ClN3O4S2. The highest BCUT2D eigenvalue weighted by Gasteiger charge is 2.48. The molecule has 38 heavy (non-hydrogen) atoms. The van der Waals surface area contributed by atoms with Gasteiger partial charge in [0, 0.05) is 34.5 Å². The average Bonchev–Trinajstić information content (AvgIpc) is 3.81. The van der Waals surface area contributed by atoms with Crippen molar-refractivity contribution in [3.63, 3.8) is 0 Å². The molecule has 0 bridgehead atoms. The number of methoxy groups -OCH3 is 1. The molecule has 3 unspecified atom stereocenters. The van der Waals surface area contributed by atoms with E-state index in [4.69, 9.17) is 21.1 Å². The zero-order valence-electron chi connectivity index (χ0n) is 21.5. The number of thioether (sulfide) groups is 1. The normalized spacial score (nSPS) is 22.4. The van der Waals surface area contributed by atoms with Crippen molar-refractivity contribution in [1.82, 2.24) is 15.4 Å². The molecule has 2 fully saturated rings. The Kier molecular flexibility index (Phi) is 8.07. The molecule has 2 saturated heterocycles. The zero-order valence-corrected chi connectivity index (χ0v) is 23.9. The van der Waals surface area contributed by atoms with Gasteiger partial charge in [0.25, 0.3) is 0 Å². The van der Waals surface area contributed by atoms with E-state index in [0.717, 1.165) is 22.4 Å². The van der Waals surface area contributed by atoms with E-state index in [-0.39, 0.29) is 23.3 Å². The maximum absolute atomic E-state index is 13.7. The molecule has 3 N–H and O–H groups in total. The molecule has 3 aromatic carbocycles. The third kappa shape index (κ3) is 6.37. The predicted molar refractivity (Wildman–Crippen MR) is 153 cm³/mol. The molecule has 0 aromatic heterocycles. The summed E-state index contributed by atoms with van der Waals surface area (Å²) in [5.74, 6) is 1.43. The van der Waals surface area contributed by atoms with Crippen LogP contribution < -0.4 is 20.1 Å². The molecule has 7 nitrogen and oxygen atoms in total. The second-order valence-corrected chi connectivity index (χ2v) is 13.1. The van der Waals surface area contributed by atoms with Gasteiger partial charge in [-0.25, -0.2) is 8.42 Å². The average molecular weight is 574 g/mol. The van der Waals surface area contributed by atoms with Crippen LogP contribution in [0.1, 0.15) is 31.1 Å². The summed E-state index contributed by atoms with van der Waals surface area (Å²) in [6.07, 6.45) is 0.357. The predicted octanol–water partition coefficient (Wildman–Crippen LogP) is 4.92. The van der Waals surface area contributed by atoms with Crippen molar-refractivity contribution in [2.24, 2.45) is 0 Å². The van der Waals surface area contributed by atoms with Gasteiger partial charge in [-0.1, -0.05) is 54.1 Å². The SMILES string of the molecule is COc1ccc(Cl)cc1C1OC1NCCc1ccc(-c2ccccc2)c(S(=O)(=O)NC2(NC(C)C)CS2)c1. The third-order valence-corrected chi connectivity index (χ3v) is 9.41. The third-order valence-electron chi connectivity index (χ3n) is 6.42. The van der Waals surface area contributed by atoms with E-state index in [1.54, 1.807) is 31.0 Å². The zero-order chi connectivity index (χ0) is 26.9. The van der Waals surface area contributed by atoms with Gasteiger partial charge in [0.2, 0.25) is 10.0 Å². The molecule has 3 aromatic rings. The van der Waals surface area contributed by atoms with Gasteiger partial charge in [-0.15, -0.1) is 11.8 Å². The Morgan fingerprint density at radius 3 is 2.58 bits per heavy atom. The van der Waals surface area contributed by atoms with Crippen molar-refractivity contribution in [3.8, 4) is 16.9 Å². The summed E-state index contributed by atoms with van der Waals surface area (Å²) in [5.41, 5.74) is 3.37. The number of hydrogen-bond donors (Lipinski definition) is 3. The van der Waals surface area contributed by atoms with Crippen molar-refractivity contribution in [2.45, 2.75) is 48.5 Å². The molecule has 0 spiro atoms. The quantitative estimate of drug-likeness (QED) is 0.209. The highest BCUT2D eigenvalue weighted by Crippen LogP contribution is 2.43. The number of epoxide rings is 1. The second-order valence-electron chi connectivity index (χ2n) is 9.78. The second kappa shape index (κ2) is 11.2. The lowest BCUT2D eigenvalue weighted by atomic mass is 10.0. The number of ether oxygens (including phenoxy) is 2. The van der Waals surface area contributed by atoms with Crippen LogP contribution in [0.25, 0.3) is 11.1 Å². The number of halogens is 1. The van der Waals surface area contributed by atoms with E-state index in [2.05, 4.69) is 15.4 Å². The van der Waals surface area contributed by atoms with Crippen molar-refractivity contribution in [3.05, 3.63) is 82.9 Å². The van der Waals surface area contributed by atoms with Gasteiger partial charge in [0.15, 0.2) is 0 Å². The highest BCUT2D eigenvalue weighted by atomic mass is 35.5. The van der Waals surface area contributed by atoms with Crippen LogP contribution in [0.15, 0.2) is 71.6 Å². The van der Waals surface area contributed by atoms with Crippen molar-refractivity contribution >= 4 is 33.4 Å². The summed E-state index contributed by atoms with van der Waals surface area (Å²) in [7, 11) is -2.17. The fraction of sp³-hybridized carbons (Fsp3) is 0.357. The number of nitrogens with one attached hydrogen (secondary N) is 3. The summed E-state index contributed by atoms with van der Waals surface area (Å²) >= 11 is 7.72. The Labute approximate surface area is 233 Å². The van der Waals surface area contributed by atoms with Crippen LogP contribution in [0.3, 0.4) is 0 Å².